The average molecular weight is 306 g/mol. The van der Waals surface area contributed by atoms with Gasteiger partial charge in [-0.05, 0) is 17.7 Å². The Kier molecular flexibility index (Phi) is 3.34. The normalized spacial score (nSPS) is 10.6. The molecular formula is C10H7BrCl2N2. The summed E-state index contributed by atoms with van der Waals surface area (Å²) in [6.07, 6.45) is 3.35. The summed E-state index contributed by atoms with van der Waals surface area (Å²) in [5.74, 6) is 0.445. The number of halogens is 3. The van der Waals surface area contributed by atoms with Crippen LogP contribution in [0.1, 0.15) is 5.56 Å². The van der Waals surface area contributed by atoms with Gasteiger partial charge in [0.25, 0.3) is 0 Å². The Labute approximate surface area is 106 Å². The maximum absolute atomic E-state index is 5.85. The van der Waals surface area contributed by atoms with Crippen LogP contribution in [0.25, 0.3) is 5.69 Å². The minimum absolute atomic E-state index is 0.445. The van der Waals surface area contributed by atoms with Crippen LogP contribution in [0.3, 0.4) is 0 Å². The first-order chi connectivity index (χ1) is 7.20. The molecule has 5 heteroatoms. The van der Waals surface area contributed by atoms with Crippen LogP contribution in [0.5, 0.6) is 0 Å². The number of benzene rings is 1. The van der Waals surface area contributed by atoms with Crippen LogP contribution in [-0.4, -0.2) is 9.78 Å². The van der Waals surface area contributed by atoms with E-state index in [1.165, 1.54) is 0 Å². The fraction of sp³-hybridized carbons (Fsp3) is 0.100. The molecule has 0 aliphatic carbocycles. The smallest absolute Gasteiger partial charge is 0.0790 e. The third kappa shape index (κ3) is 2.36. The Bertz CT molecular complexity index is 482. The molecule has 78 valence electrons. The fourth-order valence-electron chi connectivity index (χ4n) is 1.30. The first-order valence-electron chi connectivity index (χ1n) is 4.25. The molecule has 1 aromatic heterocycles. The van der Waals surface area contributed by atoms with Crippen molar-refractivity contribution in [2.75, 3.05) is 0 Å². The number of hydrogen-bond donors (Lipinski definition) is 0. The van der Waals surface area contributed by atoms with Crippen molar-refractivity contribution in [1.82, 2.24) is 9.78 Å². The number of aromatic nitrogens is 2. The molecular weight excluding hydrogens is 299 g/mol. The second-order valence-corrected chi connectivity index (χ2v) is 4.63. The van der Waals surface area contributed by atoms with E-state index in [-0.39, 0.29) is 0 Å². The van der Waals surface area contributed by atoms with Crippen LogP contribution in [0.15, 0.2) is 35.1 Å². The van der Waals surface area contributed by atoms with Gasteiger partial charge in [0, 0.05) is 16.5 Å². The molecule has 0 spiro atoms. The van der Waals surface area contributed by atoms with Crippen molar-refractivity contribution in [1.29, 1.82) is 0 Å². The fourth-order valence-corrected chi connectivity index (χ4v) is 2.01. The van der Waals surface area contributed by atoms with Gasteiger partial charge < -0.3 is 0 Å². The van der Waals surface area contributed by atoms with Crippen molar-refractivity contribution in [3.8, 4) is 5.69 Å². The van der Waals surface area contributed by atoms with Crippen molar-refractivity contribution >= 4 is 39.1 Å². The summed E-state index contributed by atoms with van der Waals surface area (Å²) in [6, 6.07) is 5.87. The maximum Gasteiger partial charge on any atom is 0.0790 e. The van der Waals surface area contributed by atoms with Gasteiger partial charge in [0.15, 0.2) is 0 Å². The Morgan fingerprint density at radius 3 is 2.80 bits per heavy atom. The van der Waals surface area contributed by atoms with E-state index in [4.69, 9.17) is 23.2 Å². The van der Waals surface area contributed by atoms with E-state index in [1.54, 1.807) is 17.1 Å². The lowest BCUT2D eigenvalue weighted by molar-refractivity contribution is 0.870. The summed E-state index contributed by atoms with van der Waals surface area (Å²) in [6.45, 7) is 0. The van der Waals surface area contributed by atoms with Crippen molar-refractivity contribution in [2.24, 2.45) is 0 Å². The van der Waals surface area contributed by atoms with E-state index < -0.39 is 0 Å². The van der Waals surface area contributed by atoms with E-state index >= 15 is 0 Å². The van der Waals surface area contributed by atoms with Crippen molar-refractivity contribution in [3.05, 3.63) is 45.7 Å². The predicted molar refractivity (Wildman–Crippen MR) is 65.8 cm³/mol. The highest BCUT2D eigenvalue weighted by atomic mass is 79.9. The zero-order valence-corrected chi connectivity index (χ0v) is 10.7. The second-order valence-electron chi connectivity index (χ2n) is 3.01. The number of nitrogens with zero attached hydrogens (tertiary/aromatic N) is 2. The highest BCUT2D eigenvalue weighted by Crippen LogP contribution is 2.22. The zero-order valence-electron chi connectivity index (χ0n) is 7.62. The minimum Gasteiger partial charge on any atom is -0.239 e. The van der Waals surface area contributed by atoms with Crippen LogP contribution >= 0.6 is 39.1 Å². The number of hydrogen-bond acceptors (Lipinski definition) is 1. The lowest BCUT2D eigenvalue weighted by Gasteiger charge is -2.07. The van der Waals surface area contributed by atoms with Gasteiger partial charge in [-0.15, -0.1) is 11.6 Å². The van der Waals surface area contributed by atoms with Gasteiger partial charge >= 0.3 is 0 Å². The Morgan fingerprint density at radius 1 is 1.40 bits per heavy atom. The van der Waals surface area contributed by atoms with Crippen LogP contribution in [0.2, 0.25) is 5.02 Å². The summed E-state index contributed by atoms with van der Waals surface area (Å²) in [5, 5.41) is 4.75. The van der Waals surface area contributed by atoms with Gasteiger partial charge in [0.05, 0.1) is 16.9 Å². The molecule has 0 saturated carbocycles. The number of rotatable bonds is 2. The van der Waals surface area contributed by atoms with E-state index in [0.717, 1.165) is 15.7 Å². The molecule has 0 N–H and O–H groups in total. The highest BCUT2D eigenvalue weighted by Gasteiger charge is 2.05. The molecule has 1 heterocycles. The standard InChI is InChI=1S/C10H7BrCl2N2/c11-8-2-1-7(4-12)10(3-8)15-6-9(13)5-14-15/h1-3,5-6H,4H2. The molecule has 0 fully saturated rings. The Morgan fingerprint density at radius 2 is 2.20 bits per heavy atom. The van der Waals surface area contributed by atoms with E-state index in [2.05, 4.69) is 21.0 Å². The van der Waals surface area contributed by atoms with Crippen molar-refractivity contribution in [2.45, 2.75) is 5.88 Å². The van der Waals surface area contributed by atoms with Crippen molar-refractivity contribution < 1.29 is 0 Å². The summed E-state index contributed by atoms with van der Waals surface area (Å²) < 4.78 is 2.70. The molecule has 2 aromatic rings. The quantitative estimate of drug-likeness (QED) is 0.766. The zero-order chi connectivity index (χ0) is 10.8. The first-order valence-corrected chi connectivity index (χ1v) is 5.96. The first kappa shape index (κ1) is 11.0. The van der Waals surface area contributed by atoms with Gasteiger partial charge in [-0.3, -0.25) is 0 Å². The lowest BCUT2D eigenvalue weighted by Crippen LogP contribution is -1.98. The van der Waals surface area contributed by atoms with Gasteiger partial charge in [-0.1, -0.05) is 33.6 Å². The average Bonchev–Trinajstić information content (AvgIpc) is 2.65. The highest BCUT2D eigenvalue weighted by molar-refractivity contribution is 9.10. The Balaban J connectivity index is 2.55. The van der Waals surface area contributed by atoms with Crippen LogP contribution < -0.4 is 0 Å². The van der Waals surface area contributed by atoms with Gasteiger partial charge in [-0.25, -0.2) is 4.68 Å². The maximum atomic E-state index is 5.85. The number of alkyl halides is 1. The molecule has 0 aliphatic heterocycles. The molecule has 2 rings (SSSR count). The molecule has 15 heavy (non-hydrogen) atoms. The Hall–Kier alpha value is -0.510. The molecule has 1 aromatic carbocycles. The monoisotopic (exact) mass is 304 g/mol. The van der Waals surface area contributed by atoms with Gasteiger partial charge in [0.2, 0.25) is 0 Å². The molecule has 0 saturated heterocycles. The molecule has 0 radical (unpaired) electrons. The summed E-state index contributed by atoms with van der Waals surface area (Å²) in [5.41, 5.74) is 1.95. The second kappa shape index (κ2) is 4.56. The topological polar surface area (TPSA) is 17.8 Å². The van der Waals surface area contributed by atoms with Crippen LogP contribution in [0, 0.1) is 0 Å². The molecule has 0 bridgehead atoms. The van der Waals surface area contributed by atoms with Crippen molar-refractivity contribution in [3.63, 3.8) is 0 Å². The minimum atomic E-state index is 0.445. The van der Waals surface area contributed by atoms with Gasteiger partial charge in [0.1, 0.15) is 0 Å². The van der Waals surface area contributed by atoms with E-state index in [1.807, 2.05) is 18.2 Å². The summed E-state index contributed by atoms with van der Waals surface area (Å²) in [4.78, 5) is 0. The van der Waals surface area contributed by atoms with Crippen LogP contribution in [0.4, 0.5) is 0 Å². The summed E-state index contributed by atoms with van der Waals surface area (Å²) >= 11 is 15.1. The summed E-state index contributed by atoms with van der Waals surface area (Å²) in [7, 11) is 0. The van der Waals surface area contributed by atoms with Crippen LogP contribution in [-0.2, 0) is 5.88 Å². The molecule has 0 unspecified atom stereocenters. The molecule has 0 aliphatic rings. The predicted octanol–water partition coefficient (Wildman–Crippen LogP) is 4.03. The van der Waals surface area contributed by atoms with Gasteiger partial charge in [-0.2, -0.15) is 5.10 Å². The lowest BCUT2D eigenvalue weighted by atomic mass is 10.2. The third-order valence-electron chi connectivity index (χ3n) is 1.99. The molecule has 0 atom stereocenters. The largest absolute Gasteiger partial charge is 0.239 e. The SMILES string of the molecule is ClCc1ccc(Br)cc1-n1cc(Cl)cn1. The van der Waals surface area contributed by atoms with E-state index in [9.17, 15) is 0 Å². The third-order valence-corrected chi connectivity index (χ3v) is 2.97. The molecule has 2 nitrogen and oxygen atoms in total. The van der Waals surface area contributed by atoms with E-state index in [0.29, 0.717) is 10.9 Å². The molecule has 0 amide bonds.